The molecule has 0 saturated carbocycles. The van der Waals surface area contributed by atoms with Crippen LogP contribution in [-0.2, 0) is 0 Å². The van der Waals surface area contributed by atoms with Crippen molar-refractivity contribution in [3.05, 3.63) is 28.7 Å². The summed E-state index contributed by atoms with van der Waals surface area (Å²) < 4.78 is 0.992. The standard InChI is InChI=1S/C10H13BrN2OS/c1-7(14)6-12-10(15)13-9-4-2-3-8(11)5-9/h2-5,7,14H,6H2,1H3,(H2,12,13,15)/t7-/m1/s1. The SMILES string of the molecule is C[C@@H](O)CNC(=S)Nc1cccc(Br)c1. The minimum absolute atomic E-state index is 0.410. The smallest absolute Gasteiger partial charge is 0.170 e. The Morgan fingerprint density at radius 2 is 2.33 bits per heavy atom. The van der Waals surface area contributed by atoms with Crippen LogP contribution in [-0.4, -0.2) is 22.9 Å². The fraction of sp³-hybridized carbons (Fsp3) is 0.300. The molecular weight excluding hydrogens is 276 g/mol. The monoisotopic (exact) mass is 288 g/mol. The minimum Gasteiger partial charge on any atom is -0.392 e. The zero-order valence-electron chi connectivity index (χ0n) is 8.33. The molecular formula is C10H13BrN2OS. The number of benzene rings is 1. The first kappa shape index (κ1) is 12.4. The topological polar surface area (TPSA) is 44.3 Å². The molecule has 1 rings (SSSR count). The third kappa shape index (κ3) is 5.11. The summed E-state index contributed by atoms with van der Waals surface area (Å²) in [5, 5.41) is 15.5. The van der Waals surface area contributed by atoms with Gasteiger partial charge in [-0.25, -0.2) is 0 Å². The number of aliphatic hydroxyl groups excluding tert-OH is 1. The van der Waals surface area contributed by atoms with Gasteiger partial charge in [0.25, 0.3) is 0 Å². The highest BCUT2D eigenvalue weighted by Gasteiger charge is 1.99. The van der Waals surface area contributed by atoms with Gasteiger partial charge >= 0.3 is 0 Å². The van der Waals surface area contributed by atoms with Crippen LogP contribution in [0.2, 0.25) is 0 Å². The van der Waals surface area contributed by atoms with Crippen molar-refractivity contribution in [2.45, 2.75) is 13.0 Å². The third-order valence-corrected chi connectivity index (χ3v) is 2.38. The van der Waals surface area contributed by atoms with Crippen molar-refractivity contribution in [2.24, 2.45) is 0 Å². The number of halogens is 1. The van der Waals surface area contributed by atoms with E-state index in [2.05, 4.69) is 26.6 Å². The fourth-order valence-corrected chi connectivity index (χ4v) is 1.58. The minimum atomic E-state index is -0.410. The first-order valence-electron chi connectivity index (χ1n) is 4.56. The molecule has 1 aromatic rings. The summed E-state index contributed by atoms with van der Waals surface area (Å²) >= 11 is 8.42. The number of hydrogen-bond acceptors (Lipinski definition) is 2. The number of anilines is 1. The van der Waals surface area contributed by atoms with Gasteiger partial charge in [0.2, 0.25) is 0 Å². The van der Waals surface area contributed by atoms with E-state index in [1.165, 1.54) is 0 Å². The molecule has 0 aromatic heterocycles. The lowest BCUT2D eigenvalue weighted by atomic mass is 10.3. The molecule has 0 heterocycles. The highest BCUT2D eigenvalue weighted by Crippen LogP contribution is 2.15. The highest BCUT2D eigenvalue weighted by molar-refractivity contribution is 9.10. The van der Waals surface area contributed by atoms with Crippen molar-refractivity contribution in [1.29, 1.82) is 0 Å². The summed E-state index contributed by atoms with van der Waals surface area (Å²) in [4.78, 5) is 0. The Kier molecular flexibility index (Phi) is 5.01. The molecule has 3 N–H and O–H groups in total. The zero-order chi connectivity index (χ0) is 11.3. The maximum atomic E-state index is 9.05. The molecule has 0 bridgehead atoms. The second kappa shape index (κ2) is 6.05. The van der Waals surface area contributed by atoms with E-state index >= 15 is 0 Å². The van der Waals surface area contributed by atoms with Crippen LogP contribution >= 0.6 is 28.1 Å². The Hall–Kier alpha value is -0.650. The maximum Gasteiger partial charge on any atom is 0.170 e. The van der Waals surface area contributed by atoms with Gasteiger partial charge in [-0.2, -0.15) is 0 Å². The van der Waals surface area contributed by atoms with Gasteiger partial charge in [0, 0.05) is 16.7 Å². The number of nitrogens with one attached hydrogen (secondary N) is 2. The predicted molar refractivity (Wildman–Crippen MR) is 70.0 cm³/mol. The van der Waals surface area contributed by atoms with Gasteiger partial charge in [-0.15, -0.1) is 0 Å². The van der Waals surface area contributed by atoms with E-state index in [0.29, 0.717) is 11.7 Å². The first-order valence-corrected chi connectivity index (χ1v) is 5.76. The van der Waals surface area contributed by atoms with Gasteiger partial charge < -0.3 is 15.7 Å². The van der Waals surface area contributed by atoms with E-state index < -0.39 is 6.10 Å². The molecule has 1 aromatic carbocycles. The van der Waals surface area contributed by atoms with Gasteiger partial charge in [0.05, 0.1) is 6.10 Å². The first-order chi connectivity index (χ1) is 7.08. The van der Waals surface area contributed by atoms with Gasteiger partial charge in [0.1, 0.15) is 0 Å². The lowest BCUT2D eigenvalue weighted by Crippen LogP contribution is -2.33. The Morgan fingerprint density at radius 3 is 2.93 bits per heavy atom. The summed E-state index contributed by atoms with van der Waals surface area (Å²) in [6.45, 7) is 2.15. The number of aliphatic hydroxyl groups is 1. The Labute approximate surface area is 103 Å². The lowest BCUT2D eigenvalue weighted by molar-refractivity contribution is 0.198. The second-order valence-corrected chi connectivity index (χ2v) is 4.52. The molecule has 5 heteroatoms. The summed E-state index contributed by atoms with van der Waals surface area (Å²) in [7, 11) is 0. The fourth-order valence-electron chi connectivity index (χ4n) is 0.982. The molecule has 0 amide bonds. The van der Waals surface area contributed by atoms with Crippen LogP contribution < -0.4 is 10.6 Å². The van der Waals surface area contributed by atoms with Gasteiger partial charge in [-0.05, 0) is 37.3 Å². The van der Waals surface area contributed by atoms with Crippen molar-refractivity contribution in [3.63, 3.8) is 0 Å². The van der Waals surface area contributed by atoms with E-state index in [0.717, 1.165) is 10.2 Å². The molecule has 0 aliphatic heterocycles. The van der Waals surface area contributed by atoms with Gasteiger partial charge in [-0.3, -0.25) is 0 Å². The second-order valence-electron chi connectivity index (χ2n) is 3.19. The molecule has 82 valence electrons. The molecule has 0 fully saturated rings. The van der Waals surface area contributed by atoms with Crippen molar-refractivity contribution in [3.8, 4) is 0 Å². The van der Waals surface area contributed by atoms with E-state index in [1.807, 2.05) is 24.3 Å². The van der Waals surface area contributed by atoms with Crippen molar-refractivity contribution < 1.29 is 5.11 Å². The average Bonchev–Trinajstić information content (AvgIpc) is 2.15. The van der Waals surface area contributed by atoms with Crippen molar-refractivity contribution in [2.75, 3.05) is 11.9 Å². The molecule has 1 atom stereocenters. The molecule has 15 heavy (non-hydrogen) atoms. The molecule has 0 unspecified atom stereocenters. The van der Waals surface area contributed by atoms with Crippen LogP contribution in [0.15, 0.2) is 28.7 Å². The average molecular weight is 289 g/mol. The van der Waals surface area contributed by atoms with Crippen LogP contribution in [0.1, 0.15) is 6.92 Å². The molecule has 0 aliphatic rings. The van der Waals surface area contributed by atoms with Crippen LogP contribution in [0, 0.1) is 0 Å². The lowest BCUT2D eigenvalue weighted by Gasteiger charge is -2.11. The molecule has 0 aliphatic carbocycles. The number of hydrogen-bond donors (Lipinski definition) is 3. The maximum absolute atomic E-state index is 9.05. The van der Waals surface area contributed by atoms with Crippen LogP contribution in [0.4, 0.5) is 5.69 Å². The van der Waals surface area contributed by atoms with Gasteiger partial charge in [0.15, 0.2) is 5.11 Å². The van der Waals surface area contributed by atoms with E-state index in [4.69, 9.17) is 17.3 Å². The normalized spacial score (nSPS) is 11.9. The zero-order valence-corrected chi connectivity index (χ0v) is 10.7. The van der Waals surface area contributed by atoms with Crippen LogP contribution in [0.3, 0.4) is 0 Å². The predicted octanol–water partition coefficient (Wildman–Crippen LogP) is 2.12. The Bertz CT molecular complexity index is 344. The van der Waals surface area contributed by atoms with E-state index in [-0.39, 0.29) is 0 Å². The number of rotatable bonds is 3. The summed E-state index contributed by atoms with van der Waals surface area (Å²) in [6, 6.07) is 7.71. The van der Waals surface area contributed by atoms with Crippen molar-refractivity contribution in [1.82, 2.24) is 5.32 Å². The quantitative estimate of drug-likeness (QED) is 0.746. The van der Waals surface area contributed by atoms with Crippen LogP contribution in [0.25, 0.3) is 0 Å². The third-order valence-electron chi connectivity index (χ3n) is 1.64. The largest absolute Gasteiger partial charge is 0.392 e. The molecule has 0 radical (unpaired) electrons. The van der Waals surface area contributed by atoms with Crippen LogP contribution in [0.5, 0.6) is 0 Å². The molecule has 3 nitrogen and oxygen atoms in total. The van der Waals surface area contributed by atoms with E-state index in [1.54, 1.807) is 6.92 Å². The van der Waals surface area contributed by atoms with Crippen molar-refractivity contribution >= 4 is 38.9 Å². The molecule has 0 spiro atoms. The van der Waals surface area contributed by atoms with E-state index in [9.17, 15) is 0 Å². The Balaban J connectivity index is 2.44. The Morgan fingerprint density at radius 1 is 1.60 bits per heavy atom. The summed E-state index contributed by atoms with van der Waals surface area (Å²) in [5.41, 5.74) is 0.910. The summed E-state index contributed by atoms with van der Waals surface area (Å²) in [6.07, 6.45) is -0.410. The summed E-state index contributed by atoms with van der Waals surface area (Å²) in [5.74, 6) is 0. The van der Waals surface area contributed by atoms with Gasteiger partial charge in [-0.1, -0.05) is 22.0 Å². The number of thiocarbonyl (C=S) groups is 1. The highest BCUT2D eigenvalue weighted by atomic mass is 79.9. The molecule has 0 saturated heterocycles.